The molecule has 0 bridgehead atoms. The average Bonchev–Trinajstić information content (AvgIpc) is 2.84. The van der Waals surface area contributed by atoms with Crippen LogP contribution < -0.4 is 0 Å². The van der Waals surface area contributed by atoms with Crippen molar-refractivity contribution in [3.05, 3.63) is 11.1 Å². The fourth-order valence-corrected chi connectivity index (χ4v) is 3.52. The van der Waals surface area contributed by atoms with Gasteiger partial charge in [-0.05, 0) is 17.8 Å². The molecule has 0 N–H and O–H groups in total. The van der Waals surface area contributed by atoms with Crippen LogP contribution in [0.15, 0.2) is 11.1 Å². The quantitative estimate of drug-likeness (QED) is 0.704. The van der Waals surface area contributed by atoms with E-state index >= 15 is 0 Å². The normalized spacial score (nSPS) is 30.0. The topological polar surface area (TPSA) is 54.5 Å². The van der Waals surface area contributed by atoms with Gasteiger partial charge in [-0.15, -0.1) is 0 Å². The summed E-state index contributed by atoms with van der Waals surface area (Å²) in [5.74, 6) is -4.55. The van der Waals surface area contributed by atoms with E-state index in [9.17, 15) is 27.6 Å². The van der Waals surface area contributed by atoms with E-state index in [2.05, 4.69) is 0 Å². The van der Waals surface area contributed by atoms with Gasteiger partial charge >= 0.3 is 6.18 Å². The Hall–Kier alpha value is -1.37. The van der Waals surface area contributed by atoms with Gasteiger partial charge in [0.05, 0.1) is 6.54 Å². The molecule has 1 heterocycles. The molecule has 2 rings (SSSR count). The third-order valence-corrected chi connectivity index (χ3v) is 5.16. The van der Waals surface area contributed by atoms with Crippen molar-refractivity contribution in [1.29, 1.82) is 0 Å². The summed E-state index contributed by atoms with van der Waals surface area (Å²) >= 11 is 5.25. The molecule has 24 heavy (non-hydrogen) atoms. The molecule has 3 unspecified atom stereocenters. The lowest BCUT2D eigenvalue weighted by Crippen LogP contribution is -2.33. The SMILES string of the molecule is CCCN1CC(=O)C(C(=O)C2C(/C=C(\Cl)C(F)(F)F)C2(C)C)C1=O. The molecule has 3 atom stereocenters. The molecule has 1 saturated carbocycles. The van der Waals surface area contributed by atoms with E-state index in [-0.39, 0.29) is 6.54 Å². The van der Waals surface area contributed by atoms with Gasteiger partial charge in [0, 0.05) is 12.5 Å². The molecule has 1 aliphatic heterocycles. The minimum absolute atomic E-state index is 0.111. The Kier molecular flexibility index (Phi) is 4.87. The molecule has 8 heteroatoms. The molecule has 1 saturated heterocycles. The summed E-state index contributed by atoms with van der Waals surface area (Å²) in [5.41, 5.74) is -0.763. The van der Waals surface area contributed by atoms with Crippen molar-refractivity contribution in [2.75, 3.05) is 13.1 Å². The van der Waals surface area contributed by atoms with E-state index in [1.165, 1.54) is 4.90 Å². The number of hydrogen-bond donors (Lipinski definition) is 0. The van der Waals surface area contributed by atoms with Gasteiger partial charge in [0.25, 0.3) is 0 Å². The Morgan fingerprint density at radius 1 is 1.38 bits per heavy atom. The monoisotopic (exact) mass is 365 g/mol. The molecule has 2 fully saturated rings. The average molecular weight is 366 g/mol. The van der Waals surface area contributed by atoms with Gasteiger partial charge < -0.3 is 4.90 Å². The number of carbonyl (C=O) groups excluding carboxylic acids is 3. The molecule has 1 amide bonds. The highest BCUT2D eigenvalue weighted by Crippen LogP contribution is 2.61. The minimum Gasteiger partial charge on any atom is -0.334 e. The summed E-state index contributed by atoms with van der Waals surface area (Å²) in [6.07, 6.45) is -3.20. The van der Waals surface area contributed by atoms with Crippen LogP contribution in [0.4, 0.5) is 13.2 Å². The molecule has 134 valence electrons. The molecule has 0 aromatic heterocycles. The number of nitrogens with zero attached hydrogens (tertiary/aromatic N) is 1. The van der Waals surface area contributed by atoms with Gasteiger partial charge in [0.1, 0.15) is 5.03 Å². The molecule has 4 nitrogen and oxygen atoms in total. The van der Waals surface area contributed by atoms with Crippen LogP contribution in [-0.4, -0.2) is 41.6 Å². The summed E-state index contributed by atoms with van der Waals surface area (Å²) in [5, 5.41) is -1.28. The number of amides is 1. The van der Waals surface area contributed by atoms with Crippen molar-refractivity contribution in [2.24, 2.45) is 23.2 Å². The highest BCUT2D eigenvalue weighted by Gasteiger charge is 2.64. The Balaban J connectivity index is 2.19. The number of ketones is 2. The maximum Gasteiger partial charge on any atom is 0.426 e. The first-order valence-corrected chi connectivity index (χ1v) is 8.10. The molecule has 2 aliphatic rings. The molecule has 0 aromatic rings. The van der Waals surface area contributed by atoms with Crippen LogP contribution in [0.1, 0.15) is 27.2 Å². The van der Waals surface area contributed by atoms with Gasteiger partial charge in [-0.2, -0.15) is 13.2 Å². The zero-order valence-corrected chi connectivity index (χ0v) is 14.4. The molecule has 0 radical (unpaired) electrons. The molecular formula is C16H19ClF3NO3. The lowest BCUT2D eigenvalue weighted by atomic mass is 9.94. The van der Waals surface area contributed by atoms with Crippen molar-refractivity contribution in [1.82, 2.24) is 4.90 Å². The largest absolute Gasteiger partial charge is 0.426 e. The van der Waals surface area contributed by atoms with E-state index in [0.717, 1.165) is 6.08 Å². The summed E-state index contributed by atoms with van der Waals surface area (Å²) in [7, 11) is 0. The van der Waals surface area contributed by atoms with Crippen molar-refractivity contribution in [3.8, 4) is 0 Å². The first-order valence-electron chi connectivity index (χ1n) is 7.72. The van der Waals surface area contributed by atoms with E-state index in [4.69, 9.17) is 11.6 Å². The summed E-state index contributed by atoms with van der Waals surface area (Å²) in [6.45, 7) is 5.37. The summed E-state index contributed by atoms with van der Waals surface area (Å²) in [4.78, 5) is 38.2. The van der Waals surface area contributed by atoms with Crippen LogP contribution in [0.5, 0.6) is 0 Å². The Morgan fingerprint density at radius 3 is 2.46 bits per heavy atom. The van der Waals surface area contributed by atoms with Crippen LogP contribution in [0.2, 0.25) is 0 Å². The summed E-state index contributed by atoms with van der Waals surface area (Å²) < 4.78 is 37.7. The molecule has 1 aliphatic carbocycles. The van der Waals surface area contributed by atoms with E-state index in [1.54, 1.807) is 13.8 Å². The first-order chi connectivity index (χ1) is 10.9. The van der Waals surface area contributed by atoms with Crippen molar-refractivity contribution in [2.45, 2.75) is 33.4 Å². The smallest absolute Gasteiger partial charge is 0.334 e. The van der Waals surface area contributed by atoms with Crippen molar-refractivity contribution < 1.29 is 27.6 Å². The minimum atomic E-state index is -4.68. The maximum absolute atomic E-state index is 12.6. The van der Waals surface area contributed by atoms with Crippen molar-refractivity contribution in [3.63, 3.8) is 0 Å². The maximum atomic E-state index is 12.6. The second-order valence-corrected chi connectivity index (χ2v) is 7.31. The highest BCUT2D eigenvalue weighted by atomic mass is 35.5. The fraction of sp³-hybridized carbons (Fsp3) is 0.688. The van der Waals surface area contributed by atoms with Gasteiger partial charge in [-0.25, -0.2) is 0 Å². The number of carbonyl (C=O) groups is 3. The molecular weight excluding hydrogens is 347 g/mol. The lowest BCUT2D eigenvalue weighted by Gasteiger charge is -2.13. The fourth-order valence-electron chi connectivity index (χ4n) is 3.38. The number of allylic oxidation sites excluding steroid dienone is 2. The number of rotatable bonds is 5. The van der Waals surface area contributed by atoms with Gasteiger partial charge in [0.2, 0.25) is 5.91 Å². The first kappa shape index (κ1) is 19.0. The van der Waals surface area contributed by atoms with Crippen LogP contribution in [-0.2, 0) is 14.4 Å². The zero-order chi connectivity index (χ0) is 18.4. The third kappa shape index (κ3) is 3.23. The Bertz CT molecular complexity index is 612. The second kappa shape index (κ2) is 6.17. The van der Waals surface area contributed by atoms with Crippen LogP contribution in [0.25, 0.3) is 0 Å². The van der Waals surface area contributed by atoms with Gasteiger partial charge in [-0.3, -0.25) is 14.4 Å². The second-order valence-electron chi connectivity index (χ2n) is 6.90. The van der Waals surface area contributed by atoms with Gasteiger partial charge in [0.15, 0.2) is 17.5 Å². The third-order valence-electron chi connectivity index (χ3n) is 4.82. The molecule has 0 aromatic carbocycles. The van der Waals surface area contributed by atoms with Crippen LogP contribution in [0.3, 0.4) is 0 Å². The Labute approximate surface area is 143 Å². The Morgan fingerprint density at radius 2 is 1.96 bits per heavy atom. The number of halogens is 4. The van der Waals surface area contributed by atoms with E-state index in [0.29, 0.717) is 13.0 Å². The number of Topliss-reactive ketones (excluding diaryl/α,β-unsaturated/α-hetero) is 2. The summed E-state index contributed by atoms with van der Waals surface area (Å²) in [6, 6.07) is 0. The standard InChI is InChI=1S/C16H19ClF3NO3/c1-4-5-21-7-9(22)11(14(21)24)13(23)12-8(15(12,2)3)6-10(17)16(18,19)20/h6,8,11-12H,4-5,7H2,1-3H3/b10-6-. The van der Waals surface area contributed by atoms with Gasteiger partial charge in [-0.1, -0.05) is 38.4 Å². The van der Waals surface area contributed by atoms with Crippen LogP contribution in [0, 0.1) is 23.2 Å². The highest BCUT2D eigenvalue weighted by molar-refractivity contribution is 6.30. The predicted octanol–water partition coefficient (Wildman–Crippen LogP) is 2.95. The number of likely N-dealkylation sites (tertiary alicyclic amines) is 1. The zero-order valence-electron chi connectivity index (χ0n) is 13.6. The van der Waals surface area contributed by atoms with Crippen molar-refractivity contribution >= 4 is 29.1 Å². The number of hydrogen-bond acceptors (Lipinski definition) is 3. The predicted molar refractivity (Wildman–Crippen MR) is 81.1 cm³/mol. The van der Waals surface area contributed by atoms with E-state index in [1.807, 2.05) is 6.92 Å². The lowest BCUT2D eigenvalue weighted by molar-refractivity contribution is -0.139. The molecule has 0 spiro atoms. The number of alkyl halides is 3. The van der Waals surface area contributed by atoms with Crippen LogP contribution >= 0.6 is 11.6 Å². The van der Waals surface area contributed by atoms with E-state index < -0.39 is 51.9 Å².